The van der Waals surface area contributed by atoms with Gasteiger partial charge in [-0.15, -0.1) is 0 Å². The Morgan fingerprint density at radius 1 is 1.11 bits per heavy atom. The lowest BCUT2D eigenvalue weighted by Gasteiger charge is -2.00. The van der Waals surface area contributed by atoms with Crippen LogP contribution in [0.25, 0.3) is 0 Å². The van der Waals surface area contributed by atoms with Crippen molar-refractivity contribution in [2.45, 2.75) is 6.92 Å². The van der Waals surface area contributed by atoms with E-state index in [1.165, 1.54) is 17.7 Å². The average molecular weight is 254 g/mol. The number of hydrazone groups is 1. The van der Waals surface area contributed by atoms with Gasteiger partial charge in [0.15, 0.2) is 0 Å². The molecule has 0 radical (unpaired) electrons. The van der Waals surface area contributed by atoms with Crippen molar-refractivity contribution in [2.75, 3.05) is 5.43 Å². The Hall–Kier alpha value is -2.62. The molecular weight excluding hydrogens is 240 g/mol. The second-order valence-electron chi connectivity index (χ2n) is 4.16. The quantitative estimate of drug-likeness (QED) is 0.651. The molecule has 4 nitrogen and oxygen atoms in total. The summed E-state index contributed by atoms with van der Waals surface area (Å²) in [4.78, 5) is 10.7. The van der Waals surface area contributed by atoms with Crippen LogP contribution in [0.15, 0.2) is 53.6 Å². The van der Waals surface area contributed by atoms with Crippen LogP contribution in [0.4, 0.5) is 5.69 Å². The fourth-order valence-electron chi connectivity index (χ4n) is 1.52. The van der Waals surface area contributed by atoms with Crippen molar-refractivity contribution < 1.29 is 9.90 Å². The third-order valence-electron chi connectivity index (χ3n) is 2.62. The van der Waals surface area contributed by atoms with E-state index >= 15 is 0 Å². The number of rotatable bonds is 4. The van der Waals surface area contributed by atoms with Crippen LogP contribution in [0.1, 0.15) is 21.5 Å². The van der Waals surface area contributed by atoms with Crippen LogP contribution < -0.4 is 5.43 Å². The fraction of sp³-hybridized carbons (Fsp3) is 0.0667. The number of carboxylic acid groups (broad SMARTS) is 1. The number of nitrogens with one attached hydrogen (secondary N) is 1. The van der Waals surface area contributed by atoms with Gasteiger partial charge in [0.2, 0.25) is 0 Å². The number of carboxylic acids is 1. The lowest BCUT2D eigenvalue weighted by atomic mass is 10.2. The Morgan fingerprint density at radius 2 is 1.74 bits per heavy atom. The summed E-state index contributed by atoms with van der Waals surface area (Å²) in [6.45, 7) is 2.03. The van der Waals surface area contributed by atoms with Gasteiger partial charge >= 0.3 is 5.97 Å². The molecule has 0 amide bonds. The molecule has 2 aromatic rings. The molecule has 2 N–H and O–H groups in total. The molecular formula is C15H14N2O2. The molecule has 0 aliphatic rings. The number of carbonyl (C=O) groups is 1. The van der Waals surface area contributed by atoms with E-state index in [1.807, 2.05) is 31.2 Å². The highest BCUT2D eigenvalue weighted by Crippen LogP contribution is 2.09. The molecule has 0 fully saturated rings. The first-order valence-corrected chi connectivity index (χ1v) is 5.84. The Balaban J connectivity index is 1.98. The summed E-state index contributed by atoms with van der Waals surface area (Å²) in [7, 11) is 0. The van der Waals surface area contributed by atoms with Gasteiger partial charge < -0.3 is 5.11 Å². The van der Waals surface area contributed by atoms with Crippen LogP contribution in [0.2, 0.25) is 0 Å². The molecule has 0 unspecified atom stereocenters. The molecule has 2 aromatic carbocycles. The van der Waals surface area contributed by atoms with Crippen molar-refractivity contribution in [3.63, 3.8) is 0 Å². The molecule has 0 saturated carbocycles. The van der Waals surface area contributed by atoms with E-state index in [0.717, 1.165) is 11.3 Å². The Kier molecular flexibility index (Phi) is 3.93. The van der Waals surface area contributed by atoms with E-state index in [1.54, 1.807) is 18.3 Å². The minimum absolute atomic E-state index is 0.257. The van der Waals surface area contributed by atoms with Gasteiger partial charge in [-0.3, -0.25) is 5.43 Å². The average Bonchev–Trinajstić information content (AvgIpc) is 2.41. The van der Waals surface area contributed by atoms with Crippen molar-refractivity contribution in [1.82, 2.24) is 0 Å². The zero-order valence-electron chi connectivity index (χ0n) is 10.5. The minimum Gasteiger partial charge on any atom is -0.478 e. The predicted molar refractivity (Wildman–Crippen MR) is 75.8 cm³/mol. The molecule has 0 spiro atoms. The Bertz CT molecular complexity index is 587. The van der Waals surface area contributed by atoms with Gasteiger partial charge in [0.25, 0.3) is 0 Å². The Morgan fingerprint density at radius 3 is 2.32 bits per heavy atom. The van der Waals surface area contributed by atoms with Gasteiger partial charge in [-0.1, -0.05) is 29.8 Å². The number of aryl methyl sites for hydroxylation is 1. The highest BCUT2D eigenvalue weighted by Gasteiger charge is 2.00. The molecule has 0 aliphatic heterocycles. The highest BCUT2D eigenvalue weighted by atomic mass is 16.4. The molecule has 0 atom stereocenters. The standard InChI is InChI=1S/C15H14N2O2/c1-11-2-4-12(5-3-11)10-16-17-14-8-6-13(7-9-14)15(18)19/h2-10,17H,1H3,(H,18,19)/b16-10-. The van der Waals surface area contributed by atoms with E-state index < -0.39 is 5.97 Å². The summed E-state index contributed by atoms with van der Waals surface area (Å²) < 4.78 is 0. The second kappa shape index (κ2) is 5.82. The van der Waals surface area contributed by atoms with Crippen LogP contribution in [0.5, 0.6) is 0 Å². The smallest absolute Gasteiger partial charge is 0.335 e. The van der Waals surface area contributed by atoms with Crippen molar-refractivity contribution in [3.8, 4) is 0 Å². The van der Waals surface area contributed by atoms with Gasteiger partial charge in [-0.2, -0.15) is 5.10 Å². The summed E-state index contributed by atoms with van der Waals surface area (Å²) in [6.07, 6.45) is 1.71. The summed E-state index contributed by atoms with van der Waals surface area (Å²) in [6, 6.07) is 14.4. The van der Waals surface area contributed by atoms with Crippen molar-refractivity contribution in [1.29, 1.82) is 0 Å². The molecule has 0 bridgehead atoms. The summed E-state index contributed by atoms with van der Waals surface area (Å²) in [5.74, 6) is -0.935. The molecule has 0 heterocycles. The zero-order chi connectivity index (χ0) is 13.7. The van der Waals surface area contributed by atoms with Gasteiger partial charge in [0, 0.05) is 0 Å². The van der Waals surface area contributed by atoms with Crippen molar-refractivity contribution in [2.24, 2.45) is 5.10 Å². The van der Waals surface area contributed by atoms with Crippen LogP contribution in [-0.4, -0.2) is 17.3 Å². The van der Waals surface area contributed by atoms with Gasteiger partial charge in [-0.25, -0.2) is 4.79 Å². The van der Waals surface area contributed by atoms with E-state index in [0.29, 0.717) is 0 Å². The van der Waals surface area contributed by atoms with Gasteiger partial charge in [0.1, 0.15) is 0 Å². The summed E-state index contributed by atoms with van der Waals surface area (Å²) in [5.41, 5.74) is 6.06. The Labute approximate surface area is 111 Å². The molecule has 19 heavy (non-hydrogen) atoms. The first-order chi connectivity index (χ1) is 9.15. The van der Waals surface area contributed by atoms with E-state index in [2.05, 4.69) is 10.5 Å². The first kappa shape index (κ1) is 12.8. The van der Waals surface area contributed by atoms with Gasteiger partial charge in [0.05, 0.1) is 17.5 Å². The predicted octanol–water partition coefficient (Wildman–Crippen LogP) is 3.14. The second-order valence-corrected chi connectivity index (χ2v) is 4.16. The number of nitrogens with zero attached hydrogens (tertiary/aromatic N) is 1. The largest absolute Gasteiger partial charge is 0.478 e. The van der Waals surface area contributed by atoms with Crippen LogP contribution >= 0.6 is 0 Å². The van der Waals surface area contributed by atoms with Crippen molar-refractivity contribution >= 4 is 17.9 Å². The highest BCUT2D eigenvalue weighted by molar-refractivity contribution is 5.88. The maximum Gasteiger partial charge on any atom is 0.335 e. The number of hydrogen-bond donors (Lipinski definition) is 2. The normalized spacial score (nSPS) is 10.6. The lowest BCUT2D eigenvalue weighted by Crippen LogP contribution is -1.96. The number of anilines is 1. The molecule has 2 rings (SSSR count). The summed E-state index contributed by atoms with van der Waals surface area (Å²) >= 11 is 0. The van der Waals surface area contributed by atoms with E-state index in [4.69, 9.17) is 5.11 Å². The third kappa shape index (κ3) is 3.67. The molecule has 0 saturated heterocycles. The lowest BCUT2D eigenvalue weighted by molar-refractivity contribution is 0.0697. The minimum atomic E-state index is -0.935. The van der Waals surface area contributed by atoms with Crippen LogP contribution in [0, 0.1) is 6.92 Å². The molecule has 0 aromatic heterocycles. The van der Waals surface area contributed by atoms with Crippen LogP contribution in [-0.2, 0) is 0 Å². The zero-order valence-corrected chi connectivity index (χ0v) is 10.5. The maximum atomic E-state index is 10.7. The molecule has 4 heteroatoms. The van der Waals surface area contributed by atoms with Crippen LogP contribution in [0.3, 0.4) is 0 Å². The third-order valence-corrected chi connectivity index (χ3v) is 2.62. The summed E-state index contributed by atoms with van der Waals surface area (Å²) in [5, 5.41) is 12.9. The number of hydrogen-bond acceptors (Lipinski definition) is 3. The number of aromatic carboxylic acids is 1. The SMILES string of the molecule is Cc1ccc(/C=N\Nc2ccc(C(=O)O)cc2)cc1. The molecule has 0 aliphatic carbocycles. The maximum absolute atomic E-state index is 10.7. The van der Waals surface area contributed by atoms with E-state index in [-0.39, 0.29) is 5.56 Å². The van der Waals surface area contributed by atoms with Gasteiger partial charge in [-0.05, 0) is 36.8 Å². The van der Waals surface area contributed by atoms with Crippen molar-refractivity contribution in [3.05, 3.63) is 65.2 Å². The number of benzene rings is 2. The first-order valence-electron chi connectivity index (χ1n) is 5.84. The monoisotopic (exact) mass is 254 g/mol. The fourth-order valence-corrected chi connectivity index (χ4v) is 1.52. The molecule has 96 valence electrons. The van der Waals surface area contributed by atoms with E-state index in [9.17, 15) is 4.79 Å². The topological polar surface area (TPSA) is 61.7 Å².